The van der Waals surface area contributed by atoms with Crippen molar-refractivity contribution >= 4 is 0 Å². The maximum Gasteiger partial charge on any atom is 0.120 e. The summed E-state index contributed by atoms with van der Waals surface area (Å²) in [6, 6.07) is 15.2. The van der Waals surface area contributed by atoms with Gasteiger partial charge in [-0.2, -0.15) is 0 Å². The molecule has 2 N–H and O–H groups in total. The number of aryl methyl sites for hydroxylation is 2. The average molecular weight is 281 g/mol. The van der Waals surface area contributed by atoms with Gasteiger partial charge in [0.2, 0.25) is 0 Å². The summed E-state index contributed by atoms with van der Waals surface area (Å²) in [5, 5.41) is 0. The highest BCUT2D eigenvalue weighted by Crippen LogP contribution is 2.23. The Bertz CT molecular complexity index is 619. The van der Waals surface area contributed by atoms with Crippen LogP contribution in [0.25, 0.3) is 0 Å². The van der Waals surface area contributed by atoms with E-state index in [-0.39, 0.29) is 6.04 Å². The van der Waals surface area contributed by atoms with Gasteiger partial charge in [-0.25, -0.2) is 0 Å². The number of hydrogen-bond donors (Lipinski definition) is 1. The van der Waals surface area contributed by atoms with Crippen LogP contribution in [0.1, 0.15) is 35.6 Å². The molecule has 0 spiro atoms. The van der Waals surface area contributed by atoms with Gasteiger partial charge in [-0.1, -0.05) is 30.3 Å². The fraction of sp³-hybridized carbons (Fsp3) is 0.368. The van der Waals surface area contributed by atoms with Crippen molar-refractivity contribution in [2.75, 3.05) is 0 Å². The van der Waals surface area contributed by atoms with Crippen LogP contribution >= 0.6 is 0 Å². The van der Waals surface area contributed by atoms with E-state index in [2.05, 4.69) is 30.3 Å². The zero-order valence-corrected chi connectivity index (χ0v) is 12.6. The Morgan fingerprint density at radius 1 is 1.05 bits per heavy atom. The van der Waals surface area contributed by atoms with Crippen molar-refractivity contribution in [3.63, 3.8) is 0 Å². The van der Waals surface area contributed by atoms with Crippen LogP contribution in [0, 0.1) is 0 Å². The number of rotatable bonds is 5. The second kappa shape index (κ2) is 6.31. The average Bonchev–Trinajstić information content (AvgIpc) is 2.92. The van der Waals surface area contributed by atoms with Crippen molar-refractivity contribution < 1.29 is 4.74 Å². The molecule has 0 saturated carbocycles. The molecule has 3 rings (SSSR count). The predicted octanol–water partition coefficient (Wildman–Crippen LogP) is 3.64. The molecule has 2 aromatic carbocycles. The van der Waals surface area contributed by atoms with Crippen LogP contribution in [0.15, 0.2) is 42.5 Å². The van der Waals surface area contributed by atoms with E-state index in [1.165, 1.54) is 41.5 Å². The second-order valence-electron chi connectivity index (χ2n) is 6.07. The van der Waals surface area contributed by atoms with Crippen molar-refractivity contribution in [2.24, 2.45) is 5.73 Å². The smallest absolute Gasteiger partial charge is 0.120 e. The van der Waals surface area contributed by atoms with Crippen molar-refractivity contribution in [3.8, 4) is 5.75 Å². The van der Waals surface area contributed by atoms with Gasteiger partial charge in [-0.15, -0.1) is 0 Å². The van der Waals surface area contributed by atoms with Gasteiger partial charge in [0.15, 0.2) is 0 Å². The highest BCUT2D eigenvalue weighted by Gasteiger charge is 2.10. The zero-order chi connectivity index (χ0) is 14.7. The largest absolute Gasteiger partial charge is 0.489 e. The van der Waals surface area contributed by atoms with E-state index >= 15 is 0 Å². The summed E-state index contributed by atoms with van der Waals surface area (Å²) in [4.78, 5) is 0. The fourth-order valence-corrected chi connectivity index (χ4v) is 3.02. The molecule has 0 saturated heterocycles. The van der Waals surface area contributed by atoms with E-state index in [1.54, 1.807) is 0 Å². The minimum atomic E-state index is 0.178. The lowest BCUT2D eigenvalue weighted by Gasteiger charge is -2.10. The molecular weight excluding hydrogens is 258 g/mol. The molecule has 2 aromatic rings. The normalized spacial score (nSPS) is 14.8. The summed E-state index contributed by atoms with van der Waals surface area (Å²) < 4.78 is 5.93. The standard InChI is InChI=1S/C19H23NO/c1-14(20)10-15-4-2-7-19(12-15)21-13-16-8-9-17-5-3-6-18(17)11-16/h2,4,7-9,11-12,14H,3,5-6,10,13,20H2,1H3. The molecule has 1 unspecified atom stereocenters. The monoisotopic (exact) mass is 281 g/mol. The molecule has 0 amide bonds. The Morgan fingerprint density at radius 3 is 2.76 bits per heavy atom. The maximum absolute atomic E-state index is 5.93. The topological polar surface area (TPSA) is 35.2 Å². The minimum Gasteiger partial charge on any atom is -0.489 e. The highest BCUT2D eigenvalue weighted by molar-refractivity contribution is 5.35. The van der Waals surface area contributed by atoms with Gasteiger partial charge in [0.05, 0.1) is 0 Å². The van der Waals surface area contributed by atoms with Crippen molar-refractivity contribution in [1.82, 2.24) is 0 Å². The lowest BCUT2D eigenvalue weighted by atomic mass is 10.1. The lowest BCUT2D eigenvalue weighted by Crippen LogP contribution is -2.17. The molecule has 110 valence electrons. The molecule has 0 heterocycles. The highest BCUT2D eigenvalue weighted by atomic mass is 16.5. The Kier molecular flexibility index (Phi) is 4.26. The lowest BCUT2D eigenvalue weighted by molar-refractivity contribution is 0.306. The Balaban J connectivity index is 1.64. The Morgan fingerprint density at radius 2 is 1.90 bits per heavy atom. The number of ether oxygens (including phenoxy) is 1. The van der Waals surface area contributed by atoms with Gasteiger partial charge in [0, 0.05) is 6.04 Å². The zero-order valence-electron chi connectivity index (χ0n) is 12.6. The van der Waals surface area contributed by atoms with Gasteiger partial charge in [-0.3, -0.25) is 0 Å². The number of nitrogens with two attached hydrogens (primary N) is 1. The quantitative estimate of drug-likeness (QED) is 0.908. The number of hydrogen-bond acceptors (Lipinski definition) is 2. The second-order valence-corrected chi connectivity index (χ2v) is 6.07. The van der Waals surface area contributed by atoms with Crippen LogP contribution in [0.5, 0.6) is 5.75 Å². The molecule has 0 fully saturated rings. The molecular formula is C19H23NO. The van der Waals surface area contributed by atoms with Gasteiger partial charge in [-0.05, 0) is 67.0 Å². The van der Waals surface area contributed by atoms with E-state index in [9.17, 15) is 0 Å². The van der Waals surface area contributed by atoms with Crippen molar-refractivity contribution in [2.45, 2.75) is 45.3 Å². The Labute approximate surface area is 126 Å². The summed E-state index contributed by atoms with van der Waals surface area (Å²) in [5.41, 5.74) is 11.4. The molecule has 0 aromatic heterocycles. The van der Waals surface area contributed by atoms with E-state index < -0.39 is 0 Å². The van der Waals surface area contributed by atoms with Crippen LogP contribution in [-0.4, -0.2) is 6.04 Å². The van der Waals surface area contributed by atoms with Crippen LogP contribution in [0.3, 0.4) is 0 Å². The van der Waals surface area contributed by atoms with Crippen molar-refractivity contribution in [3.05, 3.63) is 64.7 Å². The fourth-order valence-electron chi connectivity index (χ4n) is 3.02. The predicted molar refractivity (Wildman–Crippen MR) is 86.6 cm³/mol. The first-order valence-electron chi connectivity index (χ1n) is 7.79. The number of benzene rings is 2. The third-order valence-electron chi connectivity index (χ3n) is 4.02. The molecule has 2 heteroatoms. The molecule has 2 nitrogen and oxygen atoms in total. The SMILES string of the molecule is CC(N)Cc1cccc(OCc2ccc3c(c2)CCC3)c1. The molecule has 1 aliphatic carbocycles. The first kappa shape index (κ1) is 14.2. The first-order chi connectivity index (χ1) is 10.2. The summed E-state index contributed by atoms with van der Waals surface area (Å²) in [6.45, 7) is 2.66. The molecule has 1 atom stereocenters. The van der Waals surface area contributed by atoms with E-state index in [0.29, 0.717) is 6.61 Å². The van der Waals surface area contributed by atoms with E-state index in [1.807, 2.05) is 19.1 Å². The van der Waals surface area contributed by atoms with Gasteiger partial charge < -0.3 is 10.5 Å². The third kappa shape index (κ3) is 3.64. The van der Waals surface area contributed by atoms with Crippen molar-refractivity contribution in [1.29, 1.82) is 0 Å². The Hall–Kier alpha value is -1.80. The molecule has 21 heavy (non-hydrogen) atoms. The van der Waals surface area contributed by atoms with Crippen LogP contribution in [-0.2, 0) is 25.9 Å². The third-order valence-corrected chi connectivity index (χ3v) is 4.02. The summed E-state index contributed by atoms with van der Waals surface area (Å²) >= 11 is 0. The summed E-state index contributed by atoms with van der Waals surface area (Å²) in [5.74, 6) is 0.925. The molecule has 0 aliphatic heterocycles. The summed E-state index contributed by atoms with van der Waals surface area (Å²) in [7, 11) is 0. The molecule has 0 radical (unpaired) electrons. The van der Waals surface area contributed by atoms with Crippen LogP contribution in [0.4, 0.5) is 0 Å². The van der Waals surface area contributed by atoms with Crippen LogP contribution in [0.2, 0.25) is 0 Å². The van der Waals surface area contributed by atoms with Gasteiger partial charge in [0.1, 0.15) is 12.4 Å². The maximum atomic E-state index is 5.93. The molecule has 0 bridgehead atoms. The van der Waals surface area contributed by atoms with E-state index in [4.69, 9.17) is 10.5 Å². The molecule has 1 aliphatic rings. The minimum absolute atomic E-state index is 0.178. The summed E-state index contributed by atoms with van der Waals surface area (Å²) in [6.07, 6.45) is 4.62. The first-order valence-corrected chi connectivity index (χ1v) is 7.79. The van der Waals surface area contributed by atoms with Crippen LogP contribution < -0.4 is 10.5 Å². The number of fused-ring (bicyclic) bond motifs is 1. The van der Waals surface area contributed by atoms with Gasteiger partial charge >= 0.3 is 0 Å². The van der Waals surface area contributed by atoms with E-state index in [0.717, 1.165) is 12.2 Å². The van der Waals surface area contributed by atoms with Gasteiger partial charge in [0.25, 0.3) is 0 Å².